The molecule has 20 heavy (non-hydrogen) atoms. The van der Waals surface area contributed by atoms with Crippen LogP contribution in [-0.4, -0.2) is 4.98 Å². The summed E-state index contributed by atoms with van der Waals surface area (Å²) in [6.07, 6.45) is 1.83. The molecular weight excluding hydrogens is 282 g/mol. The second kappa shape index (κ2) is 5.00. The van der Waals surface area contributed by atoms with Crippen molar-refractivity contribution in [1.82, 2.24) is 4.98 Å². The van der Waals surface area contributed by atoms with Crippen molar-refractivity contribution < 1.29 is 0 Å². The Labute approximate surface area is 126 Å². The summed E-state index contributed by atoms with van der Waals surface area (Å²) in [7, 11) is 0. The number of hydrogen-bond donors (Lipinski definition) is 0. The van der Waals surface area contributed by atoms with Gasteiger partial charge in [-0.05, 0) is 23.9 Å². The fourth-order valence-electron chi connectivity index (χ4n) is 2.19. The minimum absolute atomic E-state index is 0.983. The van der Waals surface area contributed by atoms with Crippen molar-refractivity contribution in [2.24, 2.45) is 0 Å². The molecule has 4 rings (SSSR count). The lowest BCUT2D eigenvalue weighted by molar-refractivity contribution is 1.15. The van der Waals surface area contributed by atoms with Gasteiger partial charge in [-0.15, -0.1) is 47.3 Å². The van der Waals surface area contributed by atoms with Crippen molar-refractivity contribution in [3.8, 4) is 11.3 Å². The number of rotatable bonds is 1. The third-order valence-corrected chi connectivity index (χ3v) is 5.71. The van der Waals surface area contributed by atoms with Crippen molar-refractivity contribution in [2.75, 3.05) is 0 Å². The van der Waals surface area contributed by atoms with Crippen molar-refractivity contribution in [3.05, 3.63) is 66.9 Å². The zero-order valence-electron chi connectivity index (χ0n) is 10.5. The minimum atomic E-state index is 0.983. The van der Waals surface area contributed by atoms with Crippen LogP contribution in [0.4, 0.5) is 0 Å². The summed E-state index contributed by atoms with van der Waals surface area (Å²) in [6, 6.07) is 22.0. The molecule has 2 aromatic carbocycles. The molecule has 0 unspecified atom stereocenters. The fourth-order valence-corrected chi connectivity index (χ4v) is 4.55. The molecule has 3 heteroatoms. The van der Waals surface area contributed by atoms with E-state index in [-0.39, 0.29) is 0 Å². The lowest BCUT2D eigenvalue weighted by atomic mass is 10.1. The van der Waals surface area contributed by atoms with Crippen molar-refractivity contribution in [2.45, 2.75) is 19.6 Å². The van der Waals surface area contributed by atoms with Crippen LogP contribution in [-0.2, 0) is 0 Å². The molecule has 2 heterocycles. The maximum Gasteiger partial charge on any atom is 0.0238 e. The Morgan fingerprint density at radius 2 is 1.60 bits per heavy atom. The number of fused-ring (bicyclic) bond motifs is 2. The molecule has 0 amide bonds. The van der Waals surface area contributed by atoms with E-state index in [1.807, 2.05) is 54.0 Å². The average molecular weight is 292 g/mol. The van der Waals surface area contributed by atoms with Crippen LogP contribution in [0.1, 0.15) is 0 Å². The van der Waals surface area contributed by atoms with Gasteiger partial charge in [-0.25, -0.2) is 0 Å². The van der Waals surface area contributed by atoms with Gasteiger partial charge < -0.3 is 4.98 Å². The van der Waals surface area contributed by atoms with E-state index >= 15 is 0 Å². The van der Waals surface area contributed by atoms with E-state index in [2.05, 4.69) is 41.4 Å². The highest BCUT2D eigenvalue weighted by atomic mass is 32.2. The highest BCUT2D eigenvalue weighted by molar-refractivity contribution is 8.05. The molecule has 3 aromatic rings. The fraction of sp³-hybridized carbons (Fsp3) is 0. The summed E-state index contributed by atoms with van der Waals surface area (Å²) in [5.41, 5.74) is 2.08. The van der Waals surface area contributed by atoms with E-state index in [0.29, 0.717) is 0 Å². The predicted molar refractivity (Wildman–Crippen MR) is 83.2 cm³/mol. The number of aromatic nitrogens is 1. The minimum Gasteiger partial charge on any atom is -0.305 e. The van der Waals surface area contributed by atoms with Crippen LogP contribution in [0.3, 0.4) is 0 Å². The molecule has 1 aromatic heterocycles. The maximum absolute atomic E-state index is 4.46. The van der Waals surface area contributed by atoms with Crippen LogP contribution in [0.25, 0.3) is 11.3 Å². The first kappa shape index (κ1) is 12.1. The first-order valence-corrected chi connectivity index (χ1v) is 7.96. The van der Waals surface area contributed by atoms with Crippen LogP contribution in [0, 0.1) is 6.07 Å². The Morgan fingerprint density at radius 1 is 0.800 bits per heavy atom. The van der Waals surface area contributed by atoms with Crippen molar-refractivity contribution in [1.29, 1.82) is 0 Å². The first-order valence-electron chi connectivity index (χ1n) is 6.33. The van der Waals surface area contributed by atoms with Gasteiger partial charge in [0.2, 0.25) is 0 Å². The van der Waals surface area contributed by atoms with Gasteiger partial charge in [0.1, 0.15) is 0 Å². The van der Waals surface area contributed by atoms with E-state index in [0.717, 1.165) is 11.3 Å². The first-order chi connectivity index (χ1) is 9.92. The summed E-state index contributed by atoms with van der Waals surface area (Å²) in [4.78, 5) is 9.63. The Kier molecular flexibility index (Phi) is 3.02. The predicted octanol–water partition coefficient (Wildman–Crippen LogP) is 5.16. The van der Waals surface area contributed by atoms with Crippen LogP contribution in [0.15, 0.2) is 80.4 Å². The molecule has 1 nitrogen and oxygen atoms in total. The smallest absolute Gasteiger partial charge is 0.0238 e. The van der Waals surface area contributed by atoms with Crippen molar-refractivity contribution in [3.63, 3.8) is 0 Å². The van der Waals surface area contributed by atoms with Crippen LogP contribution in [0.5, 0.6) is 0 Å². The average Bonchev–Trinajstić information content (AvgIpc) is 2.53. The van der Waals surface area contributed by atoms with Crippen LogP contribution in [0.2, 0.25) is 0 Å². The van der Waals surface area contributed by atoms with Crippen molar-refractivity contribution >= 4 is 23.5 Å². The topological polar surface area (TPSA) is 12.9 Å². The Bertz CT molecular complexity index is 769. The zero-order valence-corrected chi connectivity index (χ0v) is 12.2. The van der Waals surface area contributed by atoms with E-state index in [1.165, 1.54) is 19.6 Å². The van der Waals surface area contributed by atoms with Gasteiger partial charge in [0.25, 0.3) is 0 Å². The standard InChI is InChI=1S/C17H10NS2/c1-2-9-15-14(8-1)19-16-10-5-6-12(17(16)20-15)13-7-3-4-11-18-13/h1-5,7-11H/q-1. The van der Waals surface area contributed by atoms with Gasteiger partial charge in [0, 0.05) is 16.0 Å². The summed E-state index contributed by atoms with van der Waals surface area (Å²) in [5.74, 6) is 0. The monoisotopic (exact) mass is 292 g/mol. The summed E-state index contributed by atoms with van der Waals surface area (Å²) >= 11 is 3.63. The SMILES string of the molecule is [c-]1ccc2c(c1-c1ccccn1)Sc1ccccc1S2. The van der Waals surface area contributed by atoms with Gasteiger partial charge in [-0.3, -0.25) is 0 Å². The maximum atomic E-state index is 4.46. The third kappa shape index (κ3) is 2.03. The van der Waals surface area contributed by atoms with Gasteiger partial charge in [-0.1, -0.05) is 34.1 Å². The highest BCUT2D eigenvalue weighted by Gasteiger charge is 2.14. The summed E-state index contributed by atoms with van der Waals surface area (Å²) < 4.78 is 0. The Balaban J connectivity index is 1.87. The molecule has 0 radical (unpaired) electrons. The third-order valence-electron chi connectivity index (χ3n) is 3.12. The molecule has 96 valence electrons. The number of hydrogen-bond acceptors (Lipinski definition) is 3. The highest BCUT2D eigenvalue weighted by Crippen LogP contribution is 2.51. The molecule has 0 saturated carbocycles. The summed E-state index contributed by atoms with van der Waals surface area (Å²) in [6.45, 7) is 0. The van der Waals surface area contributed by atoms with Gasteiger partial charge in [0.05, 0.1) is 0 Å². The lowest BCUT2D eigenvalue weighted by Crippen LogP contribution is -1.93. The molecule has 0 saturated heterocycles. The number of pyridine rings is 1. The van der Waals surface area contributed by atoms with Gasteiger partial charge in [0.15, 0.2) is 0 Å². The van der Waals surface area contributed by atoms with Gasteiger partial charge >= 0.3 is 0 Å². The van der Waals surface area contributed by atoms with Crippen LogP contribution < -0.4 is 0 Å². The Hall–Kier alpha value is -1.71. The molecule has 0 spiro atoms. The molecule has 1 aliphatic heterocycles. The molecule has 0 N–H and O–H groups in total. The van der Waals surface area contributed by atoms with E-state index in [1.54, 1.807) is 0 Å². The molecule has 0 aliphatic carbocycles. The normalized spacial score (nSPS) is 12.6. The number of nitrogens with zero attached hydrogens (tertiary/aromatic N) is 1. The molecule has 0 fully saturated rings. The molecular formula is C17H10NS2-. The van der Waals surface area contributed by atoms with Gasteiger partial charge in [-0.2, -0.15) is 0 Å². The number of benzene rings is 2. The zero-order chi connectivity index (χ0) is 13.4. The largest absolute Gasteiger partial charge is 0.305 e. The van der Waals surface area contributed by atoms with E-state index in [9.17, 15) is 0 Å². The second-order valence-electron chi connectivity index (χ2n) is 4.41. The molecule has 0 atom stereocenters. The second-order valence-corrected chi connectivity index (χ2v) is 6.55. The molecule has 0 bridgehead atoms. The van der Waals surface area contributed by atoms with Crippen LogP contribution >= 0.6 is 23.5 Å². The lowest BCUT2D eigenvalue weighted by Gasteiger charge is -2.26. The molecule has 1 aliphatic rings. The Morgan fingerprint density at radius 3 is 2.40 bits per heavy atom. The van der Waals surface area contributed by atoms with E-state index < -0.39 is 0 Å². The van der Waals surface area contributed by atoms with E-state index in [4.69, 9.17) is 0 Å². The quantitative estimate of drug-likeness (QED) is 0.449. The summed E-state index contributed by atoms with van der Waals surface area (Å²) in [5, 5.41) is 0.